The van der Waals surface area contributed by atoms with E-state index in [1.807, 2.05) is 36.4 Å². The average molecular weight is 321 g/mol. The minimum Gasteiger partial charge on any atom is -0.369 e. The Morgan fingerprint density at radius 3 is 2.50 bits per heavy atom. The number of likely N-dealkylation sites (N-methyl/N-ethyl adjacent to an activating group) is 1. The Morgan fingerprint density at radius 2 is 1.88 bits per heavy atom. The Morgan fingerprint density at radius 1 is 1.12 bits per heavy atom. The first kappa shape index (κ1) is 16.4. The minimum absolute atomic E-state index is 0.0150. The van der Waals surface area contributed by atoms with Crippen molar-refractivity contribution in [3.8, 4) is 0 Å². The molecule has 3 rings (SSSR count). The Balaban J connectivity index is 1.62. The zero-order valence-electron chi connectivity index (χ0n) is 14.1. The van der Waals surface area contributed by atoms with Crippen LogP contribution >= 0.6 is 0 Å². The number of hydrogen-bond donors (Lipinski definition) is 0. The number of nitrogens with zero attached hydrogens (tertiary/aromatic N) is 3. The first-order chi connectivity index (χ1) is 11.8. The van der Waals surface area contributed by atoms with Gasteiger partial charge in [0.15, 0.2) is 5.78 Å². The van der Waals surface area contributed by atoms with E-state index in [-0.39, 0.29) is 5.78 Å². The van der Waals surface area contributed by atoms with Crippen LogP contribution in [0.2, 0.25) is 0 Å². The van der Waals surface area contributed by atoms with E-state index in [0.717, 1.165) is 38.3 Å². The van der Waals surface area contributed by atoms with Crippen molar-refractivity contribution in [2.24, 2.45) is 0 Å². The van der Waals surface area contributed by atoms with Crippen LogP contribution in [-0.4, -0.2) is 48.4 Å². The molecule has 0 amide bonds. The van der Waals surface area contributed by atoms with Crippen LogP contribution in [0.1, 0.15) is 22.8 Å². The fraction of sp³-hybridized carbons (Fsp3) is 0.300. The summed E-state index contributed by atoms with van der Waals surface area (Å²) in [5.41, 5.74) is 2.83. The van der Waals surface area contributed by atoms with Gasteiger partial charge < -0.3 is 9.80 Å². The number of aromatic nitrogens is 1. The third-order valence-electron chi connectivity index (χ3n) is 4.45. The highest BCUT2D eigenvalue weighted by Gasteiger charge is 2.15. The lowest BCUT2D eigenvalue weighted by Gasteiger charge is -2.35. The Labute approximate surface area is 143 Å². The molecule has 0 saturated carbocycles. The molecule has 1 fully saturated rings. The molecule has 1 aromatic heterocycles. The number of piperazine rings is 1. The predicted molar refractivity (Wildman–Crippen MR) is 98.4 cm³/mol. The highest BCUT2D eigenvalue weighted by molar-refractivity contribution is 6.06. The van der Waals surface area contributed by atoms with Gasteiger partial charge in [0, 0.05) is 49.8 Å². The van der Waals surface area contributed by atoms with Crippen molar-refractivity contribution in [3.63, 3.8) is 0 Å². The maximum absolute atomic E-state index is 12.3. The van der Waals surface area contributed by atoms with Crippen LogP contribution in [0.3, 0.4) is 0 Å². The molecule has 4 nitrogen and oxygen atoms in total. The van der Waals surface area contributed by atoms with E-state index in [4.69, 9.17) is 0 Å². The highest BCUT2D eigenvalue weighted by Crippen LogP contribution is 2.18. The third kappa shape index (κ3) is 4.09. The molecule has 0 unspecified atom stereocenters. The van der Waals surface area contributed by atoms with Gasteiger partial charge in [-0.1, -0.05) is 13.0 Å². The van der Waals surface area contributed by atoms with E-state index in [2.05, 4.69) is 21.7 Å². The van der Waals surface area contributed by atoms with E-state index in [0.29, 0.717) is 5.56 Å². The molecule has 0 radical (unpaired) electrons. The largest absolute Gasteiger partial charge is 0.369 e. The lowest BCUT2D eigenvalue weighted by molar-refractivity contribution is 0.104. The van der Waals surface area contributed by atoms with Crippen molar-refractivity contribution >= 4 is 17.5 Å². The summed E-state index contributed by atoms with van der Waals surface area (Å²) in [5.74, 6) is 0.0150. The number of rotatable bonds is 5. The molecule has 0 spiro atoms. The highest BCUT2D eigenvalue weighted by atomic mass is 16.1. The second kappa shape index (κ2) is 7.88. The van der Waals surface area contributed by atoms with Gasteiger partial charge in [0.05, 0.1) is 0 Å². The van der Waals surface area contributed by atoms with Crippen LogP contribution in [0.15, 0.2) is 54.9 Å². The summed E-state index contributed by atoms with van der Waals surface area (Å²) in [6, 6.07) is 11.7. The summed E-state index contributed by atoms with van der Waals surface area (Å²) in [7, 11) is 0. The van der Waals surface area contributed by atoms with Gasteiger partial charge in [-0.3, -0.25) is 9.78 Å². The molecule has 1 aliphatic rings. The molecular weight excluding hydrogens is 298 g/mol. The van der Waals surface area contributed by atoms with Crippen LogP contribution in [0.4, 0.5) is 5.69 Å². The second-order valence-corrected chi connectivity index (χ2v) is 5.95. The molecule has 0 N–H and O–H groups in total. The summed E-state index contributed by atoms with van der Waals surface area (Å²) in [6.45, 7) is 7.61. The molecule has 0 bridgehead atoms. The van der Waals surface area contributed by atoms with E-state index >= 15 is 0 Å². The number of anilines is 1. The molecule has 2 heterocycles. The van der Waals surface area contributed by atoms with Crippen molar-refractivity contribution < 1.29 is 4.79 Å². The number of allylic oxidation sites excluding steroid dienone is 1. The lowest BCUT2D eigenvalue weighted by atomic mass is 10.1. The second-order valence-electron chi connectivity index (χ2n) is 5.95. The topological polar surface area (TPSA) is 36.4 Å². The summed E-state index contributed by atoms with van der Waals surface area (Å²) >= 11 is 0. The quantitative estimate of drug-likeness (QED) is 0.626. The van der Waals surface area contributed by atoms with Crippen molar-refractivity contribution in [2.75, 3.05) is 37.6 Å². The standard InChI is InChI=1S/C20H23N3O/c1-2-22-12-14-23(15-13-22)19-8-6-18(7-9-19)20(24)10-5-17-4-3-11-21-16-17/h3-11,16H,2,12-15H2,1H3/b10-5+. The zero-order chi connectivity index (χ0) is 16.8. The number of benzene rings is 1. The van der Waals surface area contributed by atoms with Crippen LogP contribution in [0.5, 0.6) is 0 Å². The van der Waals surface area contributed by atoms with Gasteiger partial charge in [0.2, 0.25) is 0 Å². The van der Waals surface area contributed by atoms with Crippen molar-refractivity contribution in [3.05, 3.63) is 66.0 Å². The Bertz CT molecular complexity index is 687. The fourth-order valence-electron chi connectivity index (χ4n) is 2.90. The van der Waals surface area contributed by atoms with E-state index in [1.165, 1.54) is 5.69 Å². The minimum atomic E-state index is 0.0150. The van der Waals surface area contributed by atoms with Gasteiger partial charge in [-0.15, -0.1) is 0 Å². The van der Waals surface area contributed by atoms with Gasteiger partial charge in [0.25, 0.3) is 0 Å². The van der Waals surface area contributed by atoms with Gasteiger partial charge >= 0.3 is 0 Å². The molecule has 1 aromatic carbocycles. The molecule has 2 aromatic rings. The SMILES string of the molecule is CCN1CCN(c2ccc(C(=O)/C=C/c3cccnc3)cc2)CC1. The normalized spacial score (nSPS) is 15.8. The summed E-state index contributed by atoms with van der Waals surface area (Å²) < 4.78 is 0. The lowest BCUT2D eigenvalue weighted by Crippen LogP contribution is -2.46. The summed E-state index contributed by atoms with van der Waals surface area (Å²) in [4.78, 5) is 21.1. The summed E-state index contributed by atoms with van der Waals surface area (Å²) in [5, 5.41) is 0. The van der Waals surface area contributed by atoms with Crippen LogP contribution in [-0.2, 0) is 0 Å². The smallest absolute Gasteiger partial charge is 0.185 e. The molecule has 124 valence electrons. The van der Waals surface area contributed by atoms with Gasteiger partial charge in [-0.2, -0.15) is 0 Å². The van der Waals surface area contributed by atoms with Gasteiger partial charge in [-0.25, -0.2) is 0 Å². The van der Waals surface area contributed by atoms with Crippen molar-refractivity contribution in [1.82, 2.24) is 9.88 Å². The number of carbonyl (C=O) groups is 1. The molecule has 0 atom stereocenters. The molecule has 0 aliphatic carbocycles. The molecule has 1 saturated heterocycles. The van der Waals surface area contributed by atoms with Gasteiger partial charge in [-0.05, 0) is 54.6 Å². The number of pyridine rings is 1. The molecule has 24 heavy (non-hydrogen) atoms. The van der Waals surface area contributed by atoms with Crippen LogP contribution in [0, 0.1) is 0 Å². The van der Waals surface area contributed by atoms with Crippen LogP contribution < -0.4 is 4.90 Å². The fourth-order valence-corrected chi connectivity index (χ4v) is 2.90. The molecular formula is C20H23N3O. The van der Waals surface area contributed by atoms with E-state index < -0.39 is 0 Å². The Kier molecular flexibility index (Phi) is 5.39. The summed E-state index contributed by atoms with van der Waals surface area (Å²) in [6.07, 6.45) is 6.86. The van der Waals surface area contributed by atoms with Crippen molar-refractivity contribution in [2.45, 2.75) is 6.92 Å². The van der Waals surface area contributed by atoms with E-state index in [9.17, 15) is 4.79 Å². The number of ketones is 1. The van der Waals surface area contributed by atoms with Crippen molar-refractivity contribution in [1.29, 1.82) is 0 Å². The predicted octanol–water partition coefficient (Wildman–Crippen LogP) is 3.12. The monoisotopic (exact) mass is 321 g/mol. The van der Waals surface area contributed by atoms with Crippen LogP contribution in [0.25, 0.3) is 6.08 Å². The first-order valence-corrected chi connectivity index (χ1v) is 8.46. The zero-order valence-corrected chi connectivity index (χ0v) is 14.1. The van der Waals surface area contributed by atoms with Gasteiger partial charge in [0.1, 0.15) is 0 Å². The maximum atomic E-state index is 12.3. The number of carbonyl (C=O) groups excluding carboxylic acids is 1. The molecule has 4 heteroatoms. The van der Waals surface area contributed by atoms with E-state index in [1.54, 1.807) is 24.5 Å². The Hall–Kier alpha value is -2.46. The number of hydrogen-bond acceptors (Lipinski definition) is 4. The average Bonchev–Trinajstić information content (AvgIpc) is 2.67. The maximum Gasteiger partial charge on any atom is 0.185 e. The first-order valence-electron chi connectivity index (χ1n) is 8.46. The molecule has 1 aliphatic heterocycles. The third-order valence-corrected chi connectivity index (χ3v) is 4.45.